The van der Waals surface area contributed by atoms with E-state index in [4.69, 9.17) is 4.52 Å². The van der Waals surface area contributed by atoms with E-state index in [9.17, 15) is 0 Å². The molecule has 7 nitrogen and oxygen atoms in total. The Morgan fingerprint density at radius 1 is 1.08 bits per heavy atom. The Morgan fingerprint density at radius 2 is 1.88 bits per heavy atom. The van der Waals surface area contributed by atoms with Crippen molar-refractivity contribution in [3.05, 3.63) is 66.2 Å². The highest BCUT2D eigenvalue weighted by Gasteiger charge is 2.26. The zero-order valence-electron chi connectivity index (χ0n) is 14.8. The lowest BCUT2D eigenvalue weighted by atomic mass is 10.1. The first-order chi connectivity index (χ1) is 12.8. The van der Waals surface area contributed by atoms with Crippen LogP contribution in [0.25, 0.3) is 0 Å². The highest BCUT2D eigenvalue weighted by Crippen LogP contribution is 2.22. The lowest BCUT2D eigenvalue weighted by Crippen LogP contribution is -2.47. The van der Waals surface area contributed by atoms with Gasteiger partial charge in [-0.2, -0.15) is 4.98 Å². The number of nitrogens with zero attached hydrogens (tertiary/aromatic N) is 6. The number of hydrogen-bond acceptors (Lipinski definition) is 7. The summed E-state index contributed by atoms with van der Waals surface area (Å²) in [6.45, 7) is 5.79. The van der Waals surface area contributed by atoms with Crippen LogP contribution >= 0.6 is 0 Å². The fraction of sp³-hybridized carbons (Fsp3) is 0.368. The number of anilines is 1. The summed E-state index contributed by atoms with van der Waals surface area (Å²) in [5, 5.41) is 4.15. The lowest BCUT2D eigenvalue weighted by Gasteiger charge is -2.37. The van der Waals surface area contributed by atoms with Crippen molar-refractivity contribution in [1.29, 1.82) is 0 Å². The van der Waals surface area contributed by atoms with Crippen LogP contribution in [0.5, 0.6) is 0 Å². The summed E-state index contributed by atoms with van der Waals surface area (Å²) in [6.07, 6.45) is 5.94. The molecule has 0 unspecified atom stereocenters. The van der Waals surface area contributed by atoms with Gasteiger partial charge in [-0.25, -0.2) is 4.98 Å². The summed E-state index contributed by atoms with van der Waals surface area (Å²) in [7, 11) is 0. The number of benzene rings is 1. The first-order valence-electron chi connectivity index (χ1n) is 8.91. The molecule has 1 atom stereocenters. The fourth-order valence-corrected chi connectivity index (χ4v) is 3.24. The Labute approximate surface area is 152 Å². The number of aromatic nitrogens is 4. The third kappa shape index (κ3) is 3.72. The van der Waals surface area contributed by atoms with Gasteiger partial charge in [0.2, 0.25) is 5.89 Å². The van der Waals surface area contributed by atoms with Crippen LogP contribution < -0.4 is 4.90 Å². The number of hydrogen-bond donors (Lipinski definition) is 0. The third-order valence-corrected chi connectivity index (χ3v) is 4.78. The van der Waals surface area contributed by atoms with Crippen LogP contribution in [0.15, 0.2) is 53.4 Å². The van der Waals surface area contributed by atoms with Gasteiger partial charge in [0.15, 0.2) is 5.82 Å². The van der Waals surface area contributed by atoms with Crippen molar-refractivity contribution in [1.82, 2.24) is 25.0 Å². The van der Waals surface area contributed by atoms with Crippen LogP contribution in [0.3, 0.4) is 0 Å². The molecule has 0 radical (unpaired) electrons. The molecule has 0 N–H and O–H groups in total. The van der Waals surface area contributed by atoms with Crippen molar-refractivity contribution in [2.24, 2.45) is 0 Å². The largest absolute Gasteiger partial charge is 0.353 e. The normalized spacial score (nSPS) is 16.6. The van der Waals surface area contributed by atoms with Gasteiger partial charge in [-0.05, 0) is 12.5 Å². The van der Waals surface area contributed by atoms with Crippen molar-refractivity contribution in [3.63, 3.8) is 0 Å². The molecule has 1 aliphatic heterocycles. The van der Waals surface area contributed by atoms with Crippen LogP contribution in [-0.2, 0) is 6.42 Å². The van der Waals surface area contributed by atoms with Crippen molar-refractivity contribution in [3.8, 4) is 0 Å². The van der Waals surface area contributed by atoms with E-state index in [1.807, 2.05) is 24.4 Å². The summed E-state index contributed by atoms with van der Waals surface area (Å²) >= 11 is 0. The molecule has 26 heavy (non-hydrogen) atoms. The standard InChI is InChI=1S/C19H22N6O/c1-15(19-22-17(23-26-19)13-16-5-3-2-4-6-16)24-9-11-25(12-10-24)18-14-20-7-8-21-18/h2-8,14-15H,9-13H2,1H3/t15-/m0/s1. The monoisotopic (exact) mass is 350 g/mol. The summed E-state index contributed by atoms with van der Waals surface area (Å²) in [5.74, 6) is 2.35. The first kappa shape index (κ1) is 16.7. The molecule has 0 aliphatic carbocycles. The maximum atomic E-state index is 5.52. The topological polar surface area (TPSA) is 71.2 Å². The fourth-order valence-electron chi connectivity index (χ4n) is 3.24. The molecule has 7 heteroatoms. The maximum Gasteiger partial charge on any atom is 0.243 e. The second-order valence-corrected chi connectivity index (χ2v) is 6.47. The maximum absolute atomic E-state index is 5.52. The van der Waals surface area contributed by atoms with Crippen molar-refractivity contribution >= 4 is 5.82 Å². The minimum absolute atomic E-state index is 0.107. The van der Waals surface area contributed by atoms with Crippen molar-refractivity contribution < 1.29 is 4.52 Å². The van der Waals surface area contributed by atoms with E-state index in [-0.39, 0.29) is 6.04 Å². The number of piperazine rings is 1. The van der Waals surface area contributed by atoms with Crippen molar-refractivity contribution in [2.75, 3.05) is 31.1 Å². The quantitative estimate of drug-likeness (QED) is 0.699. The molecule has 1 fully saturated rings. The van der Waals surface area contributed by atoms with E-state index in [1.54, 1.807) is 12.4 Å². The predicted molar refractivity (Wildman–Crippen MR) is 97.8 cm³/mol. The summed E-state index contributed by atoms with van der Waals surface area (Å²) < 4.78 is 5.52. The Kier molecular flexibility index (Phi) is 4.88. The third-order valence-electron chi connectivity index (χ3n) is 4.78. The van der Waals surface area contributed by atoms with Crippen LogP contribution in [0.4, 0.5) is 5.82 Å². The van der Waals surface area contributed by atoms with Gasteiger partial charge in [-0.1, -0.05) is 35.5 Å². The summed E-state index contributed by atoms with van der Waals surface area (Å²) in [6, 6.07) is 10.3. The minimum Gasteiger partial charge on any atom is -0.353 e. The molecule has 1 saturated heterocycles. The van der Waals surface area contributed by atoms with E-state index in [0.717, 1.165) is 37.8 Å². The molecule has 3 aromatic rings. The van der Waals surface area contributed by atoms with Crippen LogP contribution in [0, 0.1) is 0 Å². The van der Waals surface area contributed by atoms with Gasteiger partial charge in [-0.15, -0.1) is 0 Å². The highest BCUT2D eigenvalue weighted by atomic mass is 16.5. The van der Waals surface area contributed by atoms with E-state index in [2.05, 4.69) is 49.0 Å². The SMILES string of the molecule is C[C@@H](c1nc(Cc2ccccc2)no1)N1CCN(c2cnccn2)CC1. The van der Waals surface area contributed by atoms with Gasteiger partial charge in [-0.3, -0.25) is 9.88 Å². The van der Waals surface area contributed by atoms with E-state index < -0.39 is 0 Å². The first-order valence-corrected chi connectivity index (χ1v) is 8.91. The molecule has 2 aromatic heterocycles. The molecule has 3 heterocycles. The Bertz CT molecular complexity index is 814. The molecule has 0 amide bonds. The summed E-state index contributed by atoms with van der Waals surface area (Å²) in [4.78, 5) is 17.8. The minimum atomic E-state index is 0.107. The van der Waals surface area contributed by atoms with Crippen LogP contribution in [0.1, 0.15) is 30.2 Å². The summed E-state index contributed by atoms with van der Waals surface area (Å²) in [5.41, 5.74) is 1.19. The average Bonchev–Trinajstić information content (AvgIpc) is 3.17. The molecule has 0 saturated carbocycles. The van der Waals surface area contributed by atoms with Gasteiger partial charge in [0.1, 0.15) is 5.82 Å². The van der Waals surface area contributed by atoms with Crippen LogP contribution in [0.2, 0.25) is 0 Å². The van der Waals surface area contributed by atoms with E-state index in [1.165, 1.54) is 5.56 Å². The second kappa shape index (κ2) is 7.61. The molecule has 0 spiro atoms. The van der Waals surface area contributed by atoms with Gasteiger partial charge < -0.3 is 9.42 Å². The molecule has 0 bridgehead atoms. The average molecular weight is 350 g/mol. The predicted octanol–water partition coefficient (Wildman–Crippen LogP) is 2.33. The highest BCUT2D eigenvalue weighted by molar-refractivity contribution is 5.35. The van der Waals surface area contributed by atoms with Gasteiger partial charge >= 0.3 is 0 Å². The Hall–Kier alpha value is -2.80. The molecular weight excluding hydrogens is 328 g/mol. The Morgan fingerprint density at radius 3 is 2.62 bits per heavy atom. The van der Waals surface area contributed by atoms with Crippen LogP contribution in [-0.4, -0.2) is 51.2 Å². The van der Waals surface area contributed by atoms with E-state index in [0.29, 0.717) is 12.3 Å². The molecule has 1 aromatic carbocycles. The number of rotatable bonds is 5. The Balaban J connectivity index is 1.36. The molecule has 4 rings (SSSR count). The zero-order chi connectivity index (χ0) is 17.8. The zero-order valence-corrected chi connectivity index (χ0v) is 14.8. The second-order valence-electron chi connectivity index (χ2n) is 6.47. The molecular formula is C19H22N6O. The van der Waals surface area contributed by atoms with Gasteiger partial charge in [0.05, 0.1) is 12.2 Å². The van der Waals surface area contributed by atoms with E-state index >= 15 is 0 Å². The van der Waals surface area contributed by atoms with Gasteiger partial charge in [0.25, 0.3) is 0 Å². The smallest absolute Gasteiger partial charge is 0.243 e. The molecule has 134 valence electrons. The van der Waals surface area contributed by atoms with Gasteiger partial charge in [0, 0.05) is 45.0 Å². The molecule has 1 aliphatic rings. The lowest BCUT2D eigenvalue weighted by molar-refractivity contribution is 0.164. The van der Waals surface area contributed by atoms with Crippen molar-refractivity contribution in [2.45, 2.75) is 19.4 Å².